The number of nitrogens with one attached hydrogen (secondary N) is 1. The van der Waals surface area contributed by atoms with Gasteiger partial charge in [0, 0.05) is 17.8 Å². The fourth-order valence-corrected chi connectivity index (χ4v) is 2.99. The lowest BCUT2D eigenvalue weighted by atomic mass is 10.2. The van der Waals surface area contributed by atoms with Crippen molar-refractivity contribution in [2.24, 2.45) is 5.73 Å². The van der Waals surface area contributed by atoms with Gasteiger partial charge in [-0.2, -0.15) is 0 Å². The molecular weight excluding hydrogens is 262 g/mol. The number of amides is 2. The van der Waals surface area contributed by atoms with Crippen LogP contribution in [0, 0.1) is 0 Å². The SMILES string of the molecule is NC(=O)[C@H]1CCCN1CCC(=O)NCc1cccs1. The van der Waals surface area contributed by atoms with Gasteiger partial charge in [0.15, 0.2) is 0 Å². The monoisotopic (exact) mass is 281 g/mol. The summed E-state index contributed by atoms with van der Waals surface area (Å²) in [5, 5.41) is 4.87. The molecule has 1 atom stereocenters. The number of thiophene rings is 1. The Morgan fingerprint density at radius 1 is 1.53 bits per heavy atom. The molecule has 0 aliphatic carbocycles. The molecule has 1 aliphatic rings. The minimum Gasteiger partial charge on any atom is -0.368 e. The molecule has 1 aromatic heterocycles. The van der Waals surface area contributed by atoms with Gasteiger partial charge in [0.05, 0.1) is 12.6 Å². The Morgan fingerprint density at radius 3 is 3.05 bits per heavy atom. The topological polar surface area (TPSA) is 75.4 Å². The largest absolute Gasteiger partial charge is 0.368 e. The molecule has 3 N–H and O–H groups in total. The first-order valence-corrected chi connectivity index (χ1v) is 7.37. The van der Waals surface area contributed by atoms with Gasteiger partial charge >= 0.3 is 0 Å². The molecule has 0 unspecified atom stereocenters. The maximum absolute atomic E-state index is 11.7. The molecule has 0 aromatic carbocycles. The van der Waals surface area contributed by atoms with Crippen molar-refractivity contribution in [3.8, 4) is 0 Å². The van der Waals surface area contributed by atoms with E-state index in [9.17, 15) is 9.59 Å². The molecule has 19 heavy (non-hydrogen) atoms. The summed E-state index contributed by atoms with van der Waals surface area (Å²) in [4.78, 5) is 26.1. The van der Waals surface area contributed by atoms with Crippen LogP contribution >= 0.6 is 11.3 Å². The standard InChI is InChI=1S/C13H19N3O2S/c14-13(18)11-4-1-6-16(11)7-5-12(17)15-9-10-3-2-8-19-10/h2-3,8,11H,1,4-7,9H2,(H2,14,18)(H,15,17)/t11-/m1/s1. The molecule has 0 bridgehead atoms. The molecule has 104 valence electrons. The van der Waals surface area contributed by atoms with Crippen molar-refractivity contribution in [1.29, 1.82) is 0 Å². The Labute approximate surface area is 116 Å². The lowest BCUT2D eigenvalue weighted by Gasteiger charge is -2.21. The Hall–Kier alpha value is -1.40. The number of nitrogens with two attached hydrogens (primary N) is 1. The Morgan fingerprint density at radius 2 is 2.37 bits per heavy atom. The van der Waals surface area contributed by atoms with Crippen molar-refractivity contribution >= 4 is 23.2 Å². The maximum Gasteiger partial charge on any atom is 0.234 e. The van der Waals surface area contributed by atoms with E-state index in [1.165, 1.54) is 0 Å². The molecule has 2 amide bonds. The fraction of sp³-hybridized carbons (Fsp3) is 0.538. The van der Waals surface area contributed by atoms with Gasteiger partial charge in [0.25, 0.3) is 0 Å². The summed E-state index contributed by atoms with van der Waals surface area (Å²) >= 11 is 1.63. The van der Waals surface area contributed by atoms with E-state index in [0.717, 1.165) is 24.3 Å². The number of hydrogen-bond donors (Lipinski definition) is 2. The highest BCUT2D eigenvalue weighted by molar-refractivity contribution is 7.09. The number of primary amides is 1. The summed E-state index contributed by atoms with van der Waals surface area (Å²) < 4.78 is 0. The minimum atomic E-state index is -0.281. The normalized spacial score (nSPS) is 19.5. The highest BCUT2D eigenvalue weighted by Crippen LogP contribution is 2.16. The Kier molecular flexibility index (Phi) is 4.93. The van der Waals surface area contributed by atoms with Crippen molar-refractivity contribution in [2.45, 2.75) is 31.8 Å². The minimum absolute atomic E-state index is 0.0171. The van der Waals surface area contributed by atoms with Crippen LogP contribution in [0.15, 0.2) is 17.5 Å². The summed E-state index contributed by atoms with van der Waals surface area (Å²) in [6.45, 7) is 2.03. The van der Waals surface area contributed by atoms with E-state index < -0.39 is 0 Å². The third kappa shape index (κ3) is 4.04. The third-order valence-electron chi connectivity index (χ3n) is 3.36. The summed E-state index contributed by atoms with van der Waals surface area (Å²) in [6, 6.07) is 3.77. The van der Waals surface area contributed by atoms with Gasteiger partial charge in [-0.25, -0.2) is 0 Å². The number of carbonyl (C=O) groups is 2. The lowest BCUT2D eigenvalue weighted by Crippen LogP contribution is -2.41. The van der Waals surface area contributed by atoms with Crippen molar-refractivity contribution in [1.82, 2.24) is 10.2 Å². The van der Waals surface area contributed by atoms with Gasteiger partial charge in [0.1, 0.15) is 0 Å². The Balaban J connectivity index is 1.70. The second-order valence-electron chi connectivity index (χ2n) is 4.70. The van der Waals surface area contributed by atoms with Gasteiger partial charge in [-0.3, -0.25) is 14.5 Å². The third-order valence-corrected chi connectivity index (χ3v) is 4.23. The van der Waals surface area contributed by atoms with E-state index in [4.69, 9.17) is 5.73 Å². The fourth-order valence-electron chi connectivity index (χ4n) is 2.35. The molecule has 1 aromatic rings. The van der Waals surface area contributed by atoms with Crippen LogP contribution in [0.25, 0.3) is 0 Å². The van der Waals surface area contributed by atoms with Crippen LogP contribution in [0.3, 0.4) is 0 Å². The van der Waals surface area contributed by atoms with E-state index in [0.29, 0.717) is 19.5 Å². The zero-order valence-electron chi connectivity index (χ0n) is 10.8. The summed E-state index contributed by atoms with van der Waals surface area (Å²) in [7, 11) is 0. The van der Waals surface area contributed by atoms with Gasteiger partial charge < -0.3 is 11.1 Å². The maximum atomic E-state index is 11.7. The first kappa shape index (κ1) is 14.0. The quantitative estimate of drug-likeness (QED) is 0.806. The molecule has 0 radical (unpaired) electrons. The number of nitrogens with zero attached hydrogens (tertiary/aromatic N) is 1. The van der Waals surface area contributed by atoms with Crippen molar-refractivity contribution in [2.75, 3.05) is 13.1 Å². The molecule has 1 saturated heterocycles. The van der Waals surface area contributed by atoms with Crippen molar-refractivity contribution < 1.29 is 9.59 Å². The van der Waals surface area contributed by atoms with E-state index in [1.807, 2.05) is 22.4 Å². The average Bonchev–Trinajstić information content (AvgIpc) is 3.04. The number of carbonyl (C=O) groups excluding carboxylic acids is 2. The zero-order valence-corrected chi connectivity index (χ0v) is 11.6. The molecule has 2 heterocycles. The van der Waals surface area contributed by atoms with E-state index in [-0.39, 0.29) is 17.9 Å². The number of hydrogen-bond acceptors (Lipinski definition) is 4. The lowest BCUT2D eigenvalue weighted by molar-refractivity contribution is -0.124. The molecule has 2 rings (SSSR count). The first-order chi connectivity index (χ1) is 9.16. The highest BCUT2D eigenvalue weighted by Gasteiger charge is 2.28. The summed E-state index contributed by atoms with van der Waals surface area (Å²) in [5.41, 5.74) is 5.34. The first-order valence-electron chi connectivity index (χ1n) is 6.49. The molecular formula is C13H19N3O2S. The highest BCUT2D eigenvalue weighted by atomic mass is 32.1. The predicted molar refractivity (Wildman–Crippen MR) is 74.6 cm³/mol. The van der Waals surface area contributed by atoms with Gasteiger partial charge in [-0.15, -0.1) is 11.3 Å². The van der Waals surface area contributed by atoms with Gasteiger partial charge in [-0.05, 0) is 30.8 Å². The van der Waals surface area contributed by atoms with Crippen LogP contribution in [-0.2, 0) is 16.1 Å². The van der Waals surface area contributed by atoms with Gasteiger partial charge in [0.2, 0.25) is 11.8 Å². The predicted octanol–water partition coefficient (Wildman–Crippen LogP) is 0.704. The van der Waals surface area contributed by atoms with Gasteiger partial charge in [-0.1, -0.05) is 6.07 Å². The van der Waals surface area contributed by atoms with E-state index in [2.05, 4.69) is 5.32 Å². The smallest absolute Gasteiger partial charge is 0.234 e. The summed E-state index contributed by atoms with van der Waals surface area (Å²) in [6.07, 6.45) is 2.20. The number of likely N-dealkylation sites (tertiary alicyclic amines) is 1. The van der Waals surface area contributed by atoms with E-state index >= 15 is 0 Å². The second-order valence-corrected chi connectivity index (χ2v) is 5.73. The molecule has 0 saturated carbocycles. The summed E-state index contributed by atoms with van der Waals surface area (Å²) in [5.74, 6) is -0.264. The zero-order chi connectivity index (χ0) is 13.7. The van der Waals surface area contributed by atoms with E-state index in [1.54, 1.807) is 11.3 Å². The molecule has 1 aliphatic heterocycles. The van der Waals surface area contributed by atoms with Crippen molar-refractivity contribution in [3.63, 3.8) is 0 Å². The van der Waals surface area contributed by atoms with Crippen LogP contribution < -0.4 is 11.1 Å². The average molecular weight is 281 g/mol. The number of rotatable bonds is 6. The molecule has 1 fully saturated rings. The van der Waals surface area contributed by atoms with Crippen LogP contribution in [0.1, 0.15) is 24.1 Å². The molecule has 5 nitrogen and oxygen atoms in total. The molecule has 0 spiro atoms. The second kappa shape index (κ2) is 6.68. The molecule has 6 heteroatoms. The van der Waals surface area contributed by atoms with Crippen LogP contribution in [0.5, 0.6) is 0 Å². The van der Waals surface area contributed by atoms with Crippen molar-refractivity contribution in [3.05, 3.63) is 22.4 Å². The van der Waals surface area contributed by atoms with Crippen LogP contribution in [0.4, 0.5) is 0 Å². The Bertz CT molecular complexity index is 433. The van der Waals surface area contributed by atoms with Crippen LogP contribution in [0.2, 0.25) is 0 Å². The van der Waals surface area contributed by atoms with Crippen LogP contribution in [-0.4, -0.2) is 35.8 Å².